The summed E-state index contributed by atoms with van der Waals surface area (Å²) in [6, 6.07) is 8.00. The van der Waals surface area contributed by atoms with Crippen molar-refractivity contribution in [2.45, 2.75) is 57.7 Å². The Balaban J connectivity index is 1.31. The van der Waals surface area contributed by atoms with Gasteiger partial charge in [0.15, 0.2) is 0 Å². The standard InChI is InChI=1S/C23H34N2O3/c1-2-18-6-3-4-8-21(18)22(27)25-12-9-23(10-13-25)14-20(28-17-23)16-24-11-5-7-19(26)15-24/h3-4,6,8,19-20,26H,2,5,7,9-17H2,1H3/t19-,20-/m1/s1. The molecule has 4 rings (SSSR count). The maximum Gasteiger partial charge on any atom is 0.254 e. The van der Waals surface area contributed by atoms with Gasteiger partial charge in [-0.25, -0.2) is 0 Å². The van der Waals surface area contributed by atoms with Gasteiger partial charge in [0.05, 0.1) is 18.8 Å². The summed E-state index contributed by atoms with van der Waals surface area (Å²) in [6.45, 7) is 7.38. The van der Waals surface area contributed by atoms with Gasteiger partial charge in [0.2, 0.25) is 0 Å². The quantitative estimate of drug-likeness (QED) is 0.865. The zero-order valence-electron chi connectivity index (χ0n) is 17.1. The van der Waals surface area contributed by atoms with E-state index in [4.69, 9.17) is 4.74 Å². The van der Waals surface area contributed by atoms with Gasteiger partial charge < -0.3 is 14.7 Å². The van der Waals surface area contributed by atoms with E-state index in [1.54, 1.807) is 0 Å². The van der Waals surface area contributed by atoms with E-state index in [0.717, 1.165) is 89.0 Å². The number of hydrogen-bond acceptors (Lipinski definition) is 4. The van der Waals surface area contributed by atoms with Crippen LogP contribution in [-0.2, 0) is 11.2 Å². The van der Waals surface area contributed by atoms with E-state index in [2.05, 4.69) is 17.9 Å². The highest BCUT2D eigenvalue weighted by molar-refractivity contribution is 5.95. The number of hydrogen-bond donors (Lipinski definition) is 1. The first kappa shape index (κ1) is 19.9. The maximum absolute atomic E-state index is 13.0. The van der Waals surface area contributed by atoms with Crippen molar-refractivity contribution in [3.8, 4) is 0 Å². The average molecular weight is 387 g/mol. The molecule has 154 valence electrons. The third kappa shape index (κ3) is 4.27. The van der Waals surface area contributed by atoms with Gasteiger partial charge in [-0.1, -0.05) is 25.1 Å². The van der Waals surface area contributed by atoms with Crippen LogP contribution in [0.2, 0.25) is 0 Å². The second-order valence-corrected chi connectivity index (χ2v) is 9.00. The molecule has 2 atom stereocenters. The first-order valence-electron chi connectivity index (χ1n) is 11.0. The summed E-state index contributed by atoms with van der Waals surface area (Å²) in [7, 11) is 0. The molecule has 1 aromatic rings. The number of ether oxygens (including phenoxy) is 1. The van der Waals surface area contributed by atoms with E-state index in [1.807, 2.05) is 23.1 Å². The van der Waals surface area contributed by atoms with Crippen molar-refractivity contribution in [1.29, 1.82) is 0 Å². The minimum absolute atomic E-state index is 0.177. The lowest BCUT2D eigenvalue weighted by Gasteiger charge is -2.39. The first-order valence-corrected chi connectivity index (χ1v) is 11.0. The van der Waals surface area contributed by atoms with Gasteiger partial charge in [-0.3, -0.25) is 9.69 Å². The van der Waals surface area contributed by atoms with Crippen LogP contribution < -0.4 is 0 Å². The van der Waals surface area contributed by atoms with Crippen LogP contribution in [0.25, 0.3) is 0 Å². The van der Waals surface area contributed by atoms with Crippen molar-refractivity contribution in [3.05, 3.63) is 35.4 Å². The van der Waals surface area contributed by atoms with Gasteiger partial charge in [0.25, 0.3) is 5.91 Å². The summed E-state index contributed by atoms with van der Waals surface area (Å²) in [4.78, 5) is 17.4. The summed E-state index contributed by atoms with van der Waals surface area (Å²) < 4.78 is 6.17. The number of β-amino-alcohol motifs (C(OH)–C–C–N with tert-alkyl or cyclic N) is 1. The number of aryl methyl sites for hydroxylation is 1. The van der Waals surface area contributed by atoms with Gasteiger partial charge in [-0.05, 0) is 62.1 Å². The number of carbonyl (C=O) groups excluding carboxylic acids is 1. The lowest BCUT2D eigenvalue weighted by molar-refractivity contribution is 0.0227. The highest BCUT2D eigenvalue weighted by Gasteiger charge is 2.43. The molecule has 1 N–H and O–H groups in total. The Kier molecular flexibility index (Phi) is 6.04. The van der Waals surface area contributed by atoms with Crippen LogP contribution in [0.1, 0.15) is 54.9 Å². The van der Waals surface area contributed by atoms with Gasteiger partial charge in [-0.2, -0.15) is 0 Å². The van der Waals surface area contributed by atoms with Crippen LogP contribution in [0.5, 0.6) is 0 Å². The third-order valence-corrected chi connectivity index (χ3v) is 6.97. The average Bonchev–Trinajstić information content (AvgIpc) is 3.10. The van der Waals surface area contributed by atoms with E-state index in [-0.39, 0.29) is 23.5 Å². The van der Waals surface area contributed by atoms with Crippen LogP contribution in [0.3, 0.4) is 0 Å². The normalized spacial score (nSPS) is 28.0. The van der Waals surface area contributed by atoms with Crippen molar-refractivity contribution >= 4 is 5.91 Å². The Morgan fingerprint density at radius 1 is 1.25 bits per heavy atom. The number of benzene rings is 1. The zero-order chi connectivity index (χ0) is 19.6. The van der Waals surface area contributed by atoms with Crippen molar-refractivity contribution in [2.24, 2.45) is 5.41 Å². The lowest BCUT2D eigenvalue weighted by atomic mass is 9.76. The molecule has 3 saturated heterocycles. The number of carbonyl (C=O) groups is 1. The lowest BCUT2D eigenvalue weighted by Crippen LogP contribution is -2.44. The molecule has 0 aromatic heterocycles. The summed E-state index contributed by atoms with van der Waals surface area (Å²) in [6.07, 6.45) is 6.15. The second kappa shape index (κ2) is 8.52. The largest absolute Gasteiger partial charge is 0.392 e. The van der Waals surface area contributed by atoms with Gasteiger partial charge in [-0.15, -0.1) is 0 Å². The van der Waals surface area contributed by atoms with Gasteiger partial charge in [0, 0.05) is 31.7 Å². The number of aliphatic hydroxyl groups is 1. The number of likely N-dealkylation sites (tertiary alicyclic amines) is 2. The minimum atomic E-state index is -0.177. The summed E-state index contributed by atoms with van der Waals surface area (Å²) in [5.41, 5.74) is 2.24. The Labute approximate surface area is 168 Å². The van der Waals surface area contributed by atoms with E-state index in [9.17, 15) is 9.90 Å². The molecule has 3 heterocycles. The molecule has 1 amide bonds. The summed E-state index contributed by atoms with van der Waals surface area (Å²) >= 11 is 0. The van der Waals surface area contributed by atoms with Crippen molar-refractivity contribution in [2.75, 3.05) is 39.3 Å². The van der Waals surface area contributed by atoms with Crippen LogP contribution in [0.15, 0.2) is 24.3 Å². The highest BCUT2D eigenvalue weighted by atomic mass is 16.5. The van der Waals surface area contributed by atoms with Crippen molar-refractivity contribution in [1.82, 2.24) is 9.80 Å². The van der Waals surface area contributed by atoms with Crippen LogP contribution in [0, 0.1) is 5.41 Å². The molecule has 0 unspecified atom stereocenters. The number of aliphatic hydroxyl groups excluding tert-OH is 1. The third-order valence-electron chi connectivity index (χ3n) is 6.97. The molecule has 5 nitrogen and oxygen atoms in total. The van der Waals surface area contributed by atoms with Crippen molar-refractivity contribution < 1.29 is 14.6 Å². The number of piperidine rings is 2. The Bertz CT molecular complexity index is 684. The van der Waals surface area contributed by atoms with E-state index in [0.29, 0.717) is 0 Å². The zero-order valence-corrected chi connectivity index (χ0v) is 17.1. The van der Waals surface area contributed by atoms with Crippen molar-refractivity contribution in [3.63, 3.8) is 0 Å². The fourth-order valence-corrected chi connectivity index (χ4v) is 5.24. The maximum atomic E-state index is 13.0. The highest BCUT2D eigenvalue weighted by Crippen LogP contribution is 2.42. The molecular formula is C23H34N2O3. The van der Waals surface area contributed by atoms with E-state index in [1.165, 1.54) is 0 Å². The molecular weight excluding hydrogens is 352 g/mol. The monoisotopic (exact) mass is 386 g/mol. The number of nitrogens with zero attached hydrogens (tertiary/aromatic N) is 2. The fraction of sp³-hybridized carbons (Fsp3) is 0.696. The van der Waals surface area contributed by atoms with Gasteiger partial charge >= 0.3 is 0 Å². The molecule has 0 aliphatic carbocycles. The van der Waals surface area contributed by atoms with Crippen LogP contribution in [-0.4, -0.2) is 72.4 Å². The molecule has 3 aliphatic heterocycles. The van der Waals surface area contributed by atoms with E-state index < -0.39 is 0 Å². The molecule has 0 bridgehead atoms. The Morgan fingerprint density at radius 2 is 2.04 bits per heavy atom. The topological polar surface area (TPSA) is 53.0 Å². The van der Waals surface area contributed by atoms with Crippen LogP contribution >= 0.6 is 0 Å². The number of amides is 1. The predicted molar refractivity (Wildman–Crippen MR) is 109 cm³/mol. The van der Waals surface area contributed by atoms with Gasteiger partial charge in [0.1, 0.15) is 0 Å². The fourth-order valence-electron chi connectivity index (χ4n) is 5.24. The molecule has 3 fully saturated rings. The first-order chi connectivity index (χ1) is 13.6. The molecule has 28 heavy (non-hydrogen) atoms. The molecule has 0 radical (unpaired) electrons. The van der Waals surface area contributed by atoms with Crippen LogP contribution in [0.4, 0.5) is 0 Å². The molecule has 0 saturated carbocycles. The summed E-state index contributed by atoms with van der Waals surface area (Å²) in [5.74, 6) is 0.185. The molecule has 1 spiro atoms. The minimum Gasteiger partial charge on any atom is -0.392 e. The van der Waals surface area contributed by atoms with E-state index >= 15 is 0 Å². The molecule has 3 aliphatic rings. The number of rotatable bonds is 4. The molecule has 1 aromatic carbocycles. The molecule has 5 heteroatoms. The SMILES string of the molecule is CCc1ccccc1C(=O)N1CCC2(CC1)CO[C@@H](CN1CCC[C@@H](O)C1)C2. The predicted octanol–water partition coefficient (Wildman–Crippen LogP) is 2.72. The Hall–Kier alpha value is -1.43. The summed E-state index contributed by atoms with van der Waals surface area (Å²) in [5, 5.41) is 9.89. The smallest absolute Gasteiger partial charge is 0.254 e. The Morgan fingerprint density at radius 3 is 2.79 bits per heavy atom. The second-order valence-electron chi connectivity index (χ2n) is 9.00.